The van der Waals surface area contributed by atoms with Crippen molar-refractivity contribution in [3.8, 4) is 0 Å². The van der Waals surface area contributed by atoms with E-state index < -0.39 is 11.6 Å². The summed E-state index contributed by atoms with van der Waals surface area (Å²) in [6.07, 6.45) is 0. The van der Waals surface area contributed by atoms with Gasteiger partial charge in [-0.25, -0.2) is 8.78 Å². The summed E-state index contributed by atoms with van der Waals surface area (Å²) in [6.45, 7) is 3.29. The van der Waals surface area contributed by atoms with Crippen molar-refractivity contribution in [1.82, 2.24) is 0 Å². The number of rotatable bonds is 2. The lowest BCUT2D eigenvalue weighted by Crippen LogP contribution is -2.10. The van der Waals surface area contributed by atoms with E-state index in [2.05, 4.69) is 0 Å². The van der Waals surface area contributed by atoms with Crippen LogP contribution in [0.2, 0.25) is 0 Å². The largest absolute Gasteiger partial charge is 0.294 e. The van der Waals surface area contributed by atoms with E-state index in [4.69, 9.17) is 0 Å². The number of carbonyl (C=O) groups excluding carboxylic acids is 1. The second kappa shape index (κ2) is 3.64. The predicted molar refractivity (Wildman–Crippen MR) is 45.5 cm³/mol. The molecular formula is C10H10F2O. The fourth-order valence-corrected chi connectivity index (χ4v) is 1.01. The van der Waals surface area contributed by atoms with Gasteiger partial charge in [-0.2, -0.15) is 0 Å². The van der Waals surface area contributed by atoms with Crippen LogP contribution in [-0.4, -0.2) is 5.78 Å². The van der Waals surface area contributed by atoms with E-state index in [1.165, 1.54) is 12.1 Å². The maximum atomic E-state index is 13.0. The molecule has 0 spiro atoms. The van der Waals surface area contributed by atoms with Gasteiger partial charge in [-0.05, 0) is 12.1 Å². The predicted octanol–water partition coefficient (Wildman–Crippen LogP) is 2.80. The number of benzene rings is 1. The minimum atomic E-state index is -1.05. The van der Waals surface area contributed by atoms with Crippen molar-refractivity contribution in [3.63, 3.8) is 0 Å². The van der Waals surface area contributed by atoms with Crippen LogP contribution in [0.25, 0.3) is 0 Å². The Morgan fingerprint density at radius 1 is 1.31 bits per heavy atom. The Morgan fingerprint density at radius 3 is 2.46 bits per heavy atom. The molecule has 1 nitrogen and oxygen atoms in total. The first-order valence-corrected chi connectivity index (χ1v) is 4.02. The molecule has 1 aromatic carbocycles. The van der Waals surface area contributed by atoms with Gasteiger partial charge in [-0.3, -0.25) is 4.79 Å². The molecule has 0 atom stereocenters. The lowest BCUT2D eigenvalue weighted by atomic mass is 10.0. The summed E-state index contributed by atoms with van der Waals surface area (Å²) in [6, 6.07) is 3.61. The third-order valence-electron chi connectivity index (χ3n) is 1.74. The maximum Gasteiger partial charge on any atom is 0.169 e. The number of hydrogen-bond acceptors (Lipinski definition) is 1. The molecule has 1 aromatic rings. The highest BCUT2D eigenvalue weighted by Gasteiger charge is 2.17. The summed E-state index contributed by atoms with van der Waals surface area (Å²) in [5.41, 5.74) is -0.171. The quantitative estimate of drug-likeness (QED) is 0.646. The first-order valence-electron chi connectivity index (χ1n) is 4.02. The van der Waals surface area contributed by atoms with Crippen LogP contribution < -0.4 is 0 Å². The van der Waals surface area contributed by atoms with E-state index in [1.807, 2.05) is 0 Å². The molecule has 0 amide bonds. The van der Waals surface area contributed by atoms with Crippen LogP contribution in [0.15, 0.2) is 18.2 Å². The Bertz CT molecular complexity index is 332. The Balaban J connectivity index is 3.15. The van der Waals surface area contributed by atoms with Gasteiger partial charge in [0.1, 0.15) is 0 Å². The van der Waals surface area contributed by atoms with Gasteiger partial charge in [0.05, 0.1) is 5.56 Å². The second-order valence-electron chi connectivity index (χ2n) is 3.12. The van der Waals surface area contributed by atoms with Crippen LogP contribution in [0.4, 0.5) is 8.78 Å². The number of Topliss-reactive ketones (excluding diaryl/α,β-unsaturated/α-hetero) is 1. The fraction of sp³-hybridized carbons (Fsp3) is 0.300. The van der Waals surface area contributed by atoms with Crippen LogP contribution in [0, 0.1) is 17.6 Å². The smallest absolute Gasteiger partial charge is 0.169 e. The van der Waals surface area contributed by atoms with E-state index >= 15 is 0 Å². The molecule has 0 aliphatic heterocycles. The molecule has 0 radical (unpaired) electrons. The van der Waals surface area contributed by atoms with Gasteiger partial charge in [-0.15, -0.1) is 0 Å². The molecular weight excluding hydrogens is 174 g/mol. The van der Waals surface area contributed by atoms with Gasteiger partial charge < -0.3 is 0 Å². The zero-order valence-electron chi connectivity index (χ0n) is 7.47. The lowest BCUT2D eigenvalue weighted by Gasteiger charge is -2.05. The van der Waals surface area contributed by atoms with Crippen molar-refractivity contribution >= 4 is 5.78 Å². The van der Waals surface area contributed by atoms with Gasteiger partial charge in [0, 0.05) is 5.92 Å². The highest BCUT2D eigenvalue weighted by atomic mass is 19.2. The molecule has 0 aromatic heterocycles. The summed E-state index contributed by atoms with van der Waals surface area (Å²) in [4.78, 5) is 11.3. The molecule has 0 saturated carbocycles. The molecule has 13 heavy (non-hydrogen) atoms. The van der Waals surface area contributed by atoms with E-state index in [1.54, 1.807) is 13.8 Å². The maximum absolute atomic E-state index is 13.0. The van der Waals surface area contributed by atoms with Crippen LogP contribution in [0.3, 0.4) is 0 Å². The Morgan fingerprint density at radius 2 is 1.92 bits per heavy atom. The van der Waals surface area contributed by atoms with Gasteiger partial charge in [0.25, 0.3) is 0 Å². The molecule has 3 heteroatoms. The fourth-order valence-electron chi connectivity index (χ4n) is 1.01. The Labute approximate surface area is 75.4 Å². The minimum absolute atomic E-state index is 0.171. The lowest BCUT2D eigenvalue weighted by molar-refractivity contribution is 0.0934. The van der Waals surface area contributed by atoms with Crippen LogP contribution in [0.5, 0.6) is 0 Å². The molecule has 70 valence electrons. The van der Waals surface area contributed by atoms with E-state index in [0.717, 1.165) is 6.07 Å². The number of hydrogen-bond donors (Lipinski definition) is 0. The van der Waals surface area contributed by atoms with Crippen LogP contribution in [0.1, 0.15) is 24.2 Å². The van der Waals surface area contributed by atoms with Gasteiger partial charge in [-0.1, -0.05) is 19.9 Å². The van der Waals surface area contributed by atoms with Crippen LogP contribution >= 0.6 is 0 Å². The normalized spacial score (nSPS) is 10.5. The molecule has 0 unspecified atom stereocenters. The summed E-state index contributed by atoms with van der Waals surface area (Å²) in [5, 5.41) is 0. The van der Waals surface area contributed by atoms with Gasteiger partial charge in [0.2, 0.25) is 0 Å². The summed E-state index contributed by atoms with van der Waals surface area (Å²) in [5.74, 6) is -2.74. The standard InChI is InChI=1S/C10H10F2O/c1-6(2)10(13)7-4-3-5-8(11)9(7)12/h3-6H,1-2H3. The Hall–Kier alpha value is -1.25. The highest BCUT2D eigenvalue weighted by molar-refractivity contribution is 5.97. The molecule has 0 fully saturated rings. The average molecular weight is 184 g/mol. The summed E-state index contributed by atoms with van der Waals surface area (Å²) in [7, 11) is 0. The topological polar surface area (TPSA) is 17.1 Å². The van der Waals surface area contributed by atoms with Crippen molar-refractivity contribution in [1.29, 1.82) is 0 Å². The molecule has 0 aliphatic carbocycles. The Kier molecular flexibility index (Phi) is 2.76. The SMILES string of the molecule is CC(C)C(=O)c1cccc(F)c1F. The zero-order valence-corrected chi connectivity index (χ0v) is 7.47. The minimum Gasteiger partial charge on any atom is -0.294 e. The molecule has 0 bridgehead atoms. The average Bonchev–Trinajstić information content (AvgIpc) is 2.08. The third-order valence-corrected chi connectivity index (χ3v) is 1.74. The first kappa shape index (κ1) is 9.84. The van der Waals surface area contributed by atoms with E-state index in [-0.39, 0.29) is 17.3 Å². The van der Waals surface area contributed by atoms with Crippen molar-refractivity contribution in [2.45, 2.75) is 13.8 Å². The molecule has 1 rings (SSSR count). The van der Waals surface area contributed by atoms with Gasteiger partial charge in [0.15, 0.2) is 17.4 Å². The molecule has 0 N–H and O–H groups in total. The number of ketones is 1. The van der Waals surface area contributed by atoms with E-state index in [9.17, 15) is 13.6 Å². The summed E-state index contributed by atoms with van der Waals surface area (Å²) < 4.78 is 25.7. The number of halogens is 2. The molecule has 0 aliphatic rings. The van der Waals surface area contributed by atoms with Crippen molar-refractivity contribution in [2.24, 2.45) is 5.92 Å². The zero-order chi connectivity index (χ0) is 10.0. The third kappa shape index (κ3) is 1.91. The first-order chi connectivity index (χ1) is 6.04. The van der Waals surface area contributed by atoms with E-state index in [0.29, 0.717) is 0 Å². The monoisotopic (exact) mass is 184 g/mol. The van der Waals surface area contributed by atoms with Crippen LogP contribution in [-0.2, 0) is 0 Å². The van der Waals surface area contributed by atoms with Gasteiger partial charge >= 0.3 is 0 Å². The van der Waals surface area contributed by atoms with Crippen molar-refractivity contribution in [3.05, 3.63) is 35.4 Å². The van der Waals surface area contributed by atoms with Crippen molar-refractivity contribution in [2.75, 3.05) is 0 Å². The molecule has 0 heterocycles. The second-order valence-corrected chi connectivity index (χ2v) is 3.12. The number of carbonyl (C=O) groups is 1. The van der Waals surface area contributed by atoms with Crippen molar-refractivity contribution < 1.29 is 13.6 Å². The summed E-state index contributed by atoms with van der Waals surface area (Å²) >= 11 is 0. The molecule has 0 saturated heterocycles. The highest BCUT2D eigenvalue weighted by Crippen LogP contribution is 2.15.